The van der Waals surface area contributed by atoms with Gasteiger partial charge in [0.25, 0.3) is 0 Å². The molecule has 0 N–H and O–H groups in total. The predicted octanol–water partition coefficient (Wildman–Crippen LogP) is 3.69. The molecule has 122 valence electrons. The van der Waals surface area contributed by atoms with Gasteiger partial charge in [0, 0.05) is 7.11 Å². The van der Waals surface area contributed by atoms with E-state index in [1.54, 1.807) is 19.2 Å². The van der Waals surface area contributed by atoms with Gasteiger partial charge < -0.3 is 14.2 Å². The summed E-state index contributed by atoms with van der Waals surface area (Å²) in [5, 5.41) is 0. The molecule has 0 unspecified atom stereocenters. The van der Waals surface area contributed by atoms with Gasteiger partial charge in [-0.15, -0.1) is 0 Å². The maximum Gasteiger partial charge on any atom is 0.338 e. The maximum atomic E-state index is 12.0. The van der Waals surface area contributed by atoms with Gasteiger partial charge in [-0.1, -0.05) is 30.3 Å². The predicted molar refractivity (Wildman–Crippen MR) is 88.8 cm³/mol. The van der Waals surface area contributed by atoms with E-state index < -0.39 is 0 Å². The zero-order valence-electron chi connectivity index (χ0n) is 13.8. The number of rotatable bonds is 7. The molecule has 0 fully saturated rings. The number of para-hydroxylation sites is 1. The first-order chi connectivity index (χ1) is 11.1. The molecule has 0 amide bonds. The summed E-state index contributed by atoms with van der Waals surface area (Å²) in [5.74, 6) is 0.499. The van der Waals surface area contributed by atoms with E-state index in [2.05, 4.69) is 0 Å². The van der Waals surface area contributed by atoms with E-state index in [1.165, 1.54) is 0 Å². The summed E-state index contributed by atoms with van der Waals surface area (Å²) in [6.07, 6.45) is 0. The van der Waals surface area contributed by atoms with Crippen LogP contribution in [0.5, 0.6) is 5.75 Å². The van der Waals surface area contributed by atoms with Crippen molar-refractivity contribution in [1.29, 1.82) is 0 Å². The van der Waals surface area contributed by atoms with Crippen LogP contribution in [-0.2, 0) is 16.1 Å². The molecule has 0 aliphatic carbocycles. The summed E-state index contributed by atoms with van der Waals surface area (Å²) >= 11 is 0. The number of ether oxygens (including phenoxy) is 3. The van der Waals surface area contributed by atoms with Gasteiger partial charge in [0.05, 0.1) is 12.2 Å². The molecule has 23 heavy (non-hydrogen) atoms. The Hall–Kier alpha value is -2.33. The lowest BCUT2D eigenvalue weighted by atomic mass is 10.1. The van der Waals surface area contributed by atoms with Gasteiger partial charge in [-0.2, -0.15) is 0 Å². The fraction of sp³-hybridized carbons (Fsp3) is 0.316. The SMILES string of the molecule is COCc1cccc(C(=O)OCCOc2c(C)cccc2C)c1. The van der Waals surface area contributed by atoms with Gasteiger partial charge in [0.1, 0.15) is 19.0 Å². The molecule has 0 aromatic heterocycles. The Kier molecular flexibility index (Phi) is 6.18. The van der Waals surface area contributed by atoms with Crippen LogP contribution in [0.4, 0.5) is 0 Å². The van der Waals surface area contributed by atoms with Crippen molar-refractivity contribution in [2.45, 2.75) is 20.5 Å². The Morgan fingerprint density at radius 1 is 1.00 bits per heavy atom. The minimum atomic E-state index is -0.354. The van der Waals surface area contributed by atoms with E-state index in [1.807, 2.05) is 44.2 Å². The second-order valence-electron chi connectivity index (χ2n) is 5.34. The van der Waals surface area contributed by atoms with Crippen molar-refractivity contribution < 1.29 is 19.0 Å². The zero-order valence-corrected chi connectivity index (χ0v) is 13.8. The Morgan fingerprint density at radius 2 is 1.70 bits per heavy atom. The molecule has 2 aromatic carbocycles. The van der Waals surface area contributed by atoms with Gasteiger partial charge in [-0.3, -0.25) is 0 Å². The van der Waals surface area contributed by atoms with Crippen molar-refractivity contribution >= 4 is 5.97 Å². The van der Waals surface area contributed by atoms with Crippen molar-refractivity contribution in [3.8, 4) is 5.75 Å². The Labute approximate surface area is 137 Å². The Morgan fingerprint density at radius 3 is 2.39 bits per heavy atom. The summed E-state index contributed by atoms with van der Waals surface area (Å²) in [6, 6.07) is 13.2. The summed E-state index contributed by atoms with van der Waals surface area (Å²) in [7, 11) is 1.62. The number of hydrogen-bond acceptors (Lipinski definition) is 4. The first kappa shape index (κ1) is 17.0. The highest BCUT2D eigenvalue weighted by Crippen LogP contribution is 2.22. The molecule has 2 rings (SSSR count). The molecule has 0 heterocycles. The van der Waals surface area contributed by atoms with E-state index in [9.17, 15) is 4.79 Å². The molecule has 0 aliphatic heterocycles. The lowest BCUT2D eigenvalue weighted by Crippen LogP contribution is -2.13. The minimum absolute atomic E-state index is 0.209. The van der Waals surface area contributed by atoms with Crippen LogP contribution in [0.2, 0.25) is 0 Å². The van der Waals surface area contributed by atoms with E-state index in [-0.39, 0.29) is 12.6 Å². The van der Waals surface area contributed by atoms with Gasteiger partial charge in [-0.05, 0) is 42.7 Å². The second kappa shape index (κ2) is 8.34. The number of benzene rings is 2. The minimum Gasteiger partial charge on any atom is -0.489 e. The Balaban J connectivity index is 1.84. The second-order valence-corrected chi connectivity index (χ2v) is 5.34. The average Bonchev–Trinajstić information content (AvgIpc) is 2.54. The number of methoxy groups -OCH3 is 1. The van der Waals surface area contributed by atoms with Crippen LogP contribution in [-0.4, -0.2) is 26.3 Å². The van der Waals surface area contributed by atoms with E-state index >= 15 is 0 Å². The summed E-state index contributed by atoms with van der Waals surface area (Å²) in [4.78, 5) is 12.0. The van der Waals surface area contributed by atoms with E-state index in [4.69, 9.17) is 14.2 Å². The third-order valence-corrected chi connectivity index (χ3v) is 3.45. The molecule has 4 heteroatoms. The molecule has 0 aliphatic rings. The smallest absolute Gasteiger partial charge is 0.338 e. The average molecular weight is 314 g/mol. The van der Waals surface area contributed by atoms with Gasteiger partial charge >= 0.3 is 5.97 Å². The van der Waals surface area contributed by atoms with Crippen molar-refractivity contribution in [1.82, 2.24) is 0 Å². The molecular weight excluding hydrogens is 292 g/mol. The highest BCUT2D eigenvalue weighted by molar-refractivity contribution is 5.89. The largest absolute Gasteiger partial charge is 0.489 e. The summed E-state index contributed by atoms with van der Waals surface area (Å²) in [6.45, 7) is 5.00. The molecule has 4 nitrogen and oxygen atoms in total. The number of hydrogen-bond donors (Lipinski definition) is 0. The third kappa shape index (κ3) is 4.83. The van der Waals surface area contributed by atoms with Crippen LogP contribution in [0, 0.1) is 13.8 Å². The van der Waals surface area contributed by atoms with Crippen LogP contribution in [0.3, 0.4) is 0 Å². The van der Waals surface area contributed by atoms with Crippen LogP contribution in [0.15, 0.2) is 42.5 Å². The summed E-state index contributed by atoms with van der Waals surface area (Å²) in [5.41, 5.74) is 3.60. The number of aryl methyl sites for hydroxylation is 2. The number of carbonyl (C=O) groups excluding carboxylic acids is 1. The van der Waals surface area contributed by atoms with Gasteiger partial charge in [0.15, 0.2) is 0 Å². The lowest BCUT2D eigenvalue weighted by Gasteiger charge is -2.12. The fourth-order valence-corrected chi connectivity index (χ4v) is 2.34. The normalized spacial score (nSPS) is 10.4. The van der Waals surface area contributed by atoms with E-state index in [0.29, 0.717) is 18.8 Å². The van der Waals surface area contributed by atoms with Gasteiger partial charge in [0.2, 0.25) is 0 Å². The highest BCUT2D eigenvalue weighted by atomic mass is 16.6. The van der Waals surface area contributed by atoms with Crippen LogP contribution < -0.4 is 4.74 Å². The maximum absolute atomic E-state index is 12.0. The topological polar surface area (TPSA) is 44.8 Å². The standard InChI is InChI=1S/C19H22O4/c1-14-6-4-7-15(2)18(14)22-10-11-23-19(20)17-9-5-8-16(12-17)13-21-3/h4-9,12H,10-11,13H2,1-3H3. The van der Waals surface area contributed by atoms with Crippen LogP contribution in [0.1, 0.15) is 27.0 Å². The molecule has 0 radical (unpaired) electrons. The zero-order chi connectivity index (χ0) is 16.7. The van der Waals surface area contributed by atoms with Crippen LogP contribution in [0.25, 0.3) is 0 Å². The molecule has 0 saturated heterocycles. The van der Waals surface area contributed by atoms with E-state index in [0.717, 1.165) is 22.4 Å². The quantitative estimate of drug-likeness (QED) is 0.577. The van der Waals surface area contributed by atoms with Crippen molar-refractivity contribution in [3.63, 3.8) is 0 Å². The number of carbonyl (C=O) groups is 1. The van der Waals surface area contributed by atoms with Crippen molar-refractivity contribution in [3.05, 3.63) is 64.7 Å². The molecule has 2 aromatic rings. The highest BCUT2D eigenvalue weighted by Gasteiger charge is 2.08. The molecule has 0 atom stereocenters. The molecule has 0 bridgehead atoms. The Bertz CT molecular complexity index is 644. The molecular formula is C19H22O4. The van der Waals surface area contributed by atoms with Crippen molar-refractivity contribution in [2.75, 3.05) is 20.3 Å². The number of esters is 1. The third-order valence-electron chi connectivity index (χ3n) is 3.45. The lowest BCUT2D eigenvalue weighted by molar-refractivity contribution is 0.0449. The molecule has 0 saturated carbocycles. The van der Waals surface area contributed by atoms with Crippen molar-refractivity contribution in [2.24, 2.45) is 0 Å². The van der Waals surface area contributed by atoms with Crippen LogP contribution >= 0.6 is 0 Å². The summed E-state index contributed by atoms with van der Waals surface area (Å²) < 4.78 is 16.0. The first-order valence-electron chi connectivity index (χ1n) is 7.56. The molecule has 0 spiro atoms. The monoisotopic (exact) mass is 314 g/mol. The van der Waals surface area contributed by atoms with Gasteiger partial charge in [-0.25, -0.2) is 4.79 Å². The first-order valence-corrected chi connectivity index (χ1v) is 7.56. The fourth-order valence-electron chi connectivity index (χ4n) is 2.34.